The van der Waals surface area contributed by atoms with Crippen LogP contribution in [0.2, 0.25) is 0 Å². The summed E-state index contributed by atoms with van der Waals surface area (Å²) in [6, 6.07) is 2.77. The Hall–Kier alpha value is -4.80. The van der Waals surface area contributed by atoms with Crippen LogP contribution in [0.15, 0.2) is 43.5 Å². The number of rotatable bonds is 26. The number of nitrogens with zero attached hydrogens (tertiary/aromatic N) is 6. The van der Waals surface area contributed by atoms with Crippen LogP contribution in [0.4, 0.5) is 8.78 Å². The van der Waals surface area contributed by atoms with Gasteiger partial charge in [-0.05, 0) is 23.6 Å². The first-order valence-electron chi connectivity index (χ1n) is 18.2. The number of ether oxygens (including phenoxy) is 3. The Labute approximate surface area is 307 Å². The van der Waals surface area contributed by atoms with Gasteiger partial charge in [-0.15, -0.1) is 4.68 Å². The van der Waals surface area contributed by atoms with E-state index in [4.69, 9.17) is 19.0 Å². The Kier molecular flexibility index (Phi) is 18.5. The van der Waals surface area contributed by atoms with E-state index in [9.17, 15) is 33.1 Å². The summed E-state index contributed by atoms with van der Waals surface area (Å²) in [6.45, 7) is 2.95. The highest BCUT2D eigenvalue weighted by Crippen LogP contribution is 2.28. The maximum atomic E-state index is 14.8. The van der Waals surface area contributed by atoms with Gasteiger partial charge in [0.05, 0.1) is 19.4 Å². The summed E-state index contributed by atoms with van der Waals surface area (Å²) in [4.78, 5) is 58.9. The number of unbranched alkanes of at least 4 members (excludes halogenated alkanes) is 8. The van der Waals surface area contributed by atoms with E-state index in [0.29, 0.717) is 18.9 Å². The number of carbonyl (C=O) groups is 4. The molecule has 0 amide bonds. The van der Waals surface area contributed by atoms with Gasteiger partial charge in [0.25, 0.3) is 6.33 Å². The minimum Gasteiger partial charge on any atom is -0.462 e. The predicted octanol–water partition coefficient (Wildman–Crippen LogP) is 4.08. The number of aromatic nitrogens is 6. The Morgan fingerprint density at radius 2 is 1.40 bits per heavy atom. The van der Waals surface area contributed by atoms with Crippen molar-refractivity contribution in [1.82, 2.24) is 24.5 Å². The van der Waals surface area contributed by atoms with Gasteiger partial charge in [-0.2, -0.15) is 5.10 Å². The van der Waals surface area contributed by atoms with E-state index >= 15 is 0 Å². The summed E-state index contributed by atoms with van der Waals surface area (Å²) in [5.41, 5.74) is -2.20. The average molecular weight is 750 g/mol. The van der Waals surface area contributed by atoms with Crippen molar-refractivity contribution in [3.05, 3.63) is 60.7 Å². The first-order valence-corrected chi connectivity index (χ1v) is 18.2. The second-order valence-electron chi connectivity index (χ2n) is 12.8. The van der Waals surface area contributed by atoms with Gasteiger partial charge >= 0.3 is 30.2 Å². The van der Waals surface area contributed by atoms with Gasteiger partial charge in [0.15, 0.2) is 6.10 Å². The molecule has 0 bridgehead atoms. The van der Waals surface area contributed by atoms with Crippen molar-refractivity contribution in [2.45, 2.75) is 129 Å². The van der Waals surface area contributed by atoms with Crippen LogP contribution < -0.4 is 9.57 Å². The maximum absolute atomic E-state index is 14.8. The van der Waals surface area contributed by atoms with Crippen molar-refractivity contribution < 1.29 is 56.8 Å². The third kappa shape index (κ3) is 16.2. The zero-order valence-electron chi connectivity index (χ0n) is 30.5. The summed E-state index contributed by atoms with van der Waals surface area (Å²) >= 11 is 0. The van der Waals surface area contributed by atoms with Gasteiger partial charge in [-0.3, -0.25) is 19.2 Å². The van der Waals surface area contributed by atoms with Crippen molar-refractivity contribution in [2.24, 2.45) is 0 Å². The van der Waals surface area contributed by atoms with Crippen LogP contribution in [0.25, 0.3) is 0 Å². The first kappa shape index (κ1) is 42.6. The monoisotopic (exact) mass is 749 g/mol. The van der Waals surface area contributed by atoms with Crippen molar-refractivity contribution in [3.63, 3.8) is 0 Å². The molecule has 2 heterocycles. The molecule has 3 aromatic rings. The minimum atomic E-state index is -1.98. The smallest absolute Gasteiger partial charge is 0.351 e. The fraction of sp³-hybridized carbons (Fsp3) is 0.611. The molecule has 0 fully saturated rings. The van der Waals surface area contributed by atoms with Gasteiger partial charge in [0, 0.05) is 29.6 Å². The molecule has 0 aliphatic carbocycles. The number of hydrogen-bond acceptors (Lipinski definition) is 12. The molecule has 0 saturated heterocycles. The second-order valence-corrected chi connectivity index (χ2v) is 12.8. The highest BCUT2D eigenvalue weighted by Gasteiger charge is 2.37. The lowest BCUT2D eigenvalue weighted by Crippen LogP contribution is -2.45. The van der Waals surface area contributed by atoms with Crippen LogP contribution >= 0.6 is 0 Å². The lowest BCUT2D eigenvalue weighted by atomic mass is 9.93. The van der Waals surface area contributed by atoms with Crippen LogP contribution in [0, 0.1) is 11.6 Å². The topological polar surface area (TPSA) is 178 Å². The van der Waals surface area contributed by atoms with Gasteiger partial charge in [-0.25, -0.2) is 23.2 Å². The molecule has 17 heteroatoms. The van der Waals surface area contributed by atoms with Crippen LogP contribution in [-0.2, 0) is 52.1 Å². The van der Waals surface area contributed by atoms with Crippen molar-refractivity contribution in [3.8, 4) is 0 Å². The molecule has 0 aliphatic rings. The number of aliphatic hydroxyl groups is 1. The molecule has 1 atom stereocenters. The standard InChI is InChI=1S/C36H51F2N6O9/c1-3-5-7-9-11-13-32(45)50-20-29(21-51-33(46)14-12-10-8-6-4-2)52-34(47)17-18-35(48)53-44-26-41-43(27-44)23-36(49,22-42-25-39-24-40-42)30-16-15-28(37)19-31(30)38/h15-16,19,24-27,29,49H,3-14,17-18,20-23H2,1-2H3/q+1. The van der Waals surface area contributed by atoms with E-state index in [-0.39, 0.29) is 44.7 Å². The molecule has 1 unspecified atom stereocenters. The molecule has 3 rings (SSSR count). The highest BCUT2D eigenvalue weighted by molar-refractivity contribution is 5.77. The molecule has 15 nitrogen and oxygen atoms in total. The van der Waals surface area contributed by atoms with E-state index < -0.39 is 60.1 Å². The van der Waals surface area contributed by atoms with Gasteiger partial charge < -0.3 is 19.3 Å². The molecule has 0 saturated carbocycles. The number of benzene rings is 1. The first-order chi connectivity index (χ1) is 25.5. The Bertz CT molecular complexity index is 1540. The van der Waals surface area contributed by atoms with E-state index in [2.05, 4.69) is 29.0 Å². The molecule has 1 aromatic carbocycles. The Morgan fingerprint density at radius 3 is 1.98 bits per heavy atom. The third-order valence-corrected chi connectivity index (χ3v) is 8.17. The second kappa shape index (κ2) is 23.0. The molecule has 2 aromatic heterocycles. The molecule has 0 radical (unpaired) electrons. The van der Waals surface area contributed by atoms with Crippen LogP contribution in [0.3, 0.4) is 0 Å². The lowest BCUT2D eigenvalue weighted by molar-refractivity contribution is -0.870. The molecule has 0 spiro atoms. The van der Waals surface area contributed by atoms with Gasteiger partial charge in [-0.1, -0.05) is 71.3 Å². The fourth-order valence-corrected chi connectivity index (χ4v) is 5.36. The van der Waals surface area contributed by atoms with E-state index in [1.165, 1.54) is 28.3 Å². The summed E-state index contributed by atoms with van der Waals surface area (Å²) < 4.78 is 47.8. The largest absolute Gasteiger partial charge is 0.462 e. The van der Waals surface area contributed by atoms with Gasteiger partial charge in [0.1, 0.15) is 49.6 Å². The predicted molar refractivity (Wildman–Crippen MR) is 182 cm³/mol. The van der Waals surface area contributed by atoms with Gasteiger partial charge in [0.2, 0.25) is 0 Å². The summed E-state index contributed by atoms with van der Waals surface area (Å²) in [7, 11) is 0. The number of esters is 3. The molecular formula is C36H51F2N6O9+. The Balaban J connectivity index is 1.52. The van der Waals surface area contributed by atoms with Crippen LogP contribution in [0.1, 0.15) is 109 Å². The average Bonchev–Trinajstić information content (AvgIpc) is 3.79. The number of carbonyl (C=O) groups excluding carboxylic acids is 4. The van der Waals surface area contributed by atoms with E-state index in [1.807, 2.05) is 0 Å². The lowest BCUT2D eigenvalue weighted by Gasteiger charge is -2.26. The highest BCUT2D eigenvalue weighted by atomic mass is 19.1. The maximum Gasteiger partial charge on any atom is 0.351 e. The number of halogens is 2. The fourth-order valence-electron chi connectivity index (χ4n) is 5.36. The summed E-state index contributed by atoms with van der Waals surface area (Å²) in [5, 5.41) is 19.5. The SMILES string of the molecule is CCCCCCCC(=O)OCC(COC(=O)CCCCCCC)OC(=O)CCC(=O)O[n+]1cnn(CC(O)(Cn2cncn2)c2ccc(F)cc2F)c1. The number of hydrogen-bond donors (Lipinski definition) is 1. The van der Waals surface area contributed by atoms with Crippen LogP contribution in [-0.4, -0.2) is 72.8 Å². The molecule has 0 aliphatic heterocycles. The zero-order valence-corrected chi connectivity index (χ0v) is 30.5. The molecule has 292 valence electrons. The van der Waals surface area contributed by atoms with E-state index in [1.54, 1.807) is 0 Å². The molecule has 53 heavy (non-hydrogen) atoms. The molecule has 1 N–H and O–H groups in total. The Morgan fingerprint density at radius 1 is 0.792 bits per heavy atom. The normalized spacial score (nSPS) is 12.3. The van der Waals surface area contributed by atoms with Crippen LogP contribution in [0.5, 0.6) is 0 Å². The van der Waals surface area contributed by atoms with Crippen molar-refractivity contribution >= 4 is 23.9 Å². The summed E-state index contributed by atoms with van der Waals surface area (Å²) in [5.74, 6) is -4.36. The third-order valence-electron chi connectivity index (χ3n) is 8.17. The molecular weight excluding hydrogens is 698 g/mol. The minimum absolute atomic E-state index is 0.215. The van der Waals surface area contributed by atoms with Crippen molar-refractivity contribution in [2.75, 3.05) is 13.2 Å². The quantitative estimate of drug-likeness (QED) is 0.0539. The van der Waals surface area contributed by atoms with Crippen molar-refractivity contribution in [1.29, 1.82) is 0 Å². The zero-order chi connectivity index (χ0) is 38.5. The summed E-state index contributed by atoms with van der Waals surface area (Å²) in [6.07, 6.45) is 12.9. The van der Waals surface area contributed by atoms with E-state index in [0.717, 1.165) is 74.6 Å².